The van der Waals surface area contributed by atoms with Gasteiger partial charge in [0.2, 0.25) is 0 Å². The first-order valence-electron chi connectivity index (χ1n) is 22.6. The minimum absolute atomic E-state index is 0.572. The maximum absolute atomic E-state index is 2.59. The molecule has 2 heteroatoms. The Hall–Kier alpha value is -8.46. The van der Waals surface area contributed by atoms with E-state index in [-0.39, 0.29) is 0 Å². The summed E-state index contributed by atoms with van der Waals surface area (Å²) in [7, 11) is 0. The molecule has 11 aromatic carbocycles. The van der Waals surface area contributed by atoms with Gasteiger partial charge in [-0.3, -0.25) is 0 Å². The Balaban J connectivity index is 1.07. The molecule has 302 valence electrons. The van der Waals surface area contributed by atoms with Gasteiger partial charge in [0.25, 0.3) is 0 Å². The smallest absolute Gasteiger partial charge is 0.0734 e. The van der Waals surface area contributed by atoms with Gasteiger partial charge in [-0.15, -0.1) is 0 Å². The van der Waals surface area contributed by atoms with Crippen molar-refractivity contribution in [3.05, 3.63) is 265 Å². The number of hydrogen-bond donors (Lipinski definition) is 0. The molecule has 0 unspecified atom stereocenters. The third kappa shape index (κ3) is 5.05. The highest BCUT2D eigenvalue weighted by molar-refractivity contribution is 6.16. The third-order valence-electron chi connectivity index (χ3n) is 14.3. The van der Waals surface area contributed by atoms with E-state index >= 15 is 0 Å². The zero-order chi connectivity index (χ0) is 42.6. The second-order valence-corrected chi connectivity index (χ2v) is 17.6. The van der Waals surface area contributed by atoms with Crippen molar-refractivity contribution in [1.82, 2.24) is 9.13 Å². The summed E-state index contributed by atoms with van der Waals surface area (Å²) in [5.41, 5.74) is 16.7. The van der Waals surface area contributed by atoms with Crippen molar-refractivity contribution in [3.63, 3.8) is 0 Å². The van der Waals surface area contributed by atoms with E-state index in [1.807, 2.05) is 0 Å². The first-order valence-corrected chi connectivity index (χ1v) is 22.6. The summed E-state index contributed by atoms with van der Waals surface area (Å²) in [6, 6.07) is 90.3. The Bertz CT molecular complexity index is 4010. The van der Waals surface area contributed by atoms with Crippen LogP contribution in [0.3, 0.4) is 0 Å². The molecule has 0 atom stereocenters. The van der Waals surface area contributed by atoms with Gasteiger partial charge in [0.1, 0.15) is 0 Å². The van der Waals surface area contributed by atoms with Crippen LogP contribution in [0.1, 0.15) is 22.3 Å². The van der Waals surface area contributed by atoms with E-state index in [1.165, 1.54) is 121 Å². The van der Waals surface area contributed by atoms with Gasteiger partial charge in [-0.1, -0.05) is 194 Å². The monoisotopic (exact) mass is 824 g/mol. The van der Waals surface area contributed by atoms with Crippen molar-refractivity contribution < 1.29 is 0 Å². The van der Waals surface area contributed by atoms with Gasteiger partial charge in [0.15, 0.2) is 0 Å². The Labute approximate surface area is 376 Å². The maximum Gasteiger partial charge on any atom is 0.0734 e. The van der Waals surface area contributed by atoms with Crippen molar-refractivity contribution in [2.75, 3.05) is 0 Å². The zero-order valence-electron chi connectivity index (χ0n) is 35.5. The molecule has 0 saturated carbocycles. The second kappa shape index (κ2) is 13.8. The third-order valence-corrected chi connectivity index (χ3v) is 14.3. The van der Waals surface area contributed by atoms with Gasteiger partial charge in [-0.05, 0) is 104 Å². The van der Waals surface area contributed by atoms with Crippen LogP contribution in [-0.2, 0) is 5.41 Å². The van der Waals surface area contributed by atoms with E-state index in [0.29, 0.717) is 0 Å². The minimum Gasteiger partial charge on any atom is -0.309 e. The molecular weight excluding hydrogens is 785 g/mol. The highest BCUT2D eigenvalue weighted by Crippen LogP contribution is 2.59. The largest absolute Gasteiger partial charge is 0.309 e. The summed E-state index contributed by atoms with van der Waals surface area (Å²) in [6.45, 7) is 0. The van der Waals surface area contributed by atoms with Crippen molar-refractivity contribution in [2.24, 2.45) is 0 Å². The molecule has 2 aromatic heterocycles. The Morgan fingerprint density at radius 2 is 0.892 bits per heavy atom. The molecular formula is C63H40N2. The Morgan fingerprint density at radius 1 is 0.308 bits per heavy atom. The molecule has 2 heterocycles. The Kier molecular flexibility index (Phi) is 7.64. The summed E-state index contributed by atoms with van der Waals surface area (Å²) < 4.78 is 5.01. The van der Waals surface area contributed by atoms with Gasteiger partial charge >= 0.3 is 0 Å². The molecule has 0 N–H and O–H groups in total. The average Bonchev–Trinajstić information content (AvgIpc) is 4.00. The van der Waals surface area contributed by atoms with Crippen molar-refractivity contribution >= 4 is 65.2 Å². The predicted molar refractivity (Wildman–Crippen MR) is 273 cm³/mol. The summed E-state index contributed by atoms with van der Waals surface area (Å²) >= 11 is 0. The lowest BCUT2D eigenvalue weighted by Crippen LogP contribution is -2.29. The van der Waals surface area contributed by atoms with Crippen LogP contribution in [0.5, 0.6) is 0 Å². The number of fused-ring (bicyclic) bond motifs is 12. The van der Waals surface area contributed by atoms with Gasteiger partial charge in [-0.25, -0.2) is 0 Å². The standard InChI is InChI=1S/C63H40N2/c1-3-20-46(21-4-1)63(47-22-5-2-6-23-47)56-27-13-11-25-50(56)52-34-35-53-55-40-45(32-37-60(55)65(62(53)61(52)63)57-29-15-19-42-17-9-10-24-49(42)57)44-31-36-59-54(39-44)51-26-12-14-28-58(51)64(59)48-33-30-41-16-7-8-18-43(41)38-48/h1-40H. The number of hydrogen-bond acceptors (Lipinski definition) is 0. The molecule has 0 spiro atoms. The first kappa shape index (κ1) is 36.1. The summed E-state index contributed by atoms with van der Waals surface area (Å²) in [5.74, 6) is 0. The number of benzene rings is 11. The lowest BCUT2D eigenvalue weighted by atomic mass is 9.67. The van der Waals surface area contributed by atoms with Crippen LogP contribution in [0, 0.1) is 0 Å². The van der Waals surface area contributed by atoms with Gasteiger partial charge in [-0.2, -0.15) is 0 Å². The molecule has 0 amide bonds. The Morgan fingerprint density at radius 3 is 1.66 bits per heavy atom. The molecule has 0 bridgehead atoms. The molecule has 0 saturated heterocycles. The van der Waals surface area contributed by atoms with E-state index in [1.54, 1.807) is 0 Å². The number of aromatic nitrogens is 2. The number of nitrogens with zero attached hydrogens (tertiary/aromatic N) is 2. The van der Waals surface area contributed by atoms with Crippen LogP contribution in [0.15, 0.2) is 243 Å². The molecule has 65 heavy (non-hydrogen) atoms. The minimum atomic E-state index is -0.572. The van der Waals surface area contributed by atoms with Crippen molar-refractivity contribution in [3.8, 4) is 33.6 Å². The molecule has 13 aromatic rings. The molecule has 1 aliphatic rings. The van der Waals surface area contributed by atoms with E-state index in [4.69, 9.17) is 0 Å². The summed E-state index contributed by atoms with van der Waals surface area (Å²) in [6.07, 6.45) is 0. The quantitative estimate of drug-likeness (QED) is 0.164. The van der Waals surface area contributed by atoms with Crippen LogP contribution < -0.4 is 0 Å². The average molecular weight is 825 g/mol. The van der Waals surface area contributed by atoms with Gasteiger partial charge in [0, 0.05) is 38.2 Å². The van der Waals surface area contributed by atoms with Crippen LogP contribution in [0.2, 0.25) is 0 Å². The lowest BCUT2D eigenvalue weighted by molar-refractivity contribution is 0.772. The fourth-order valence-electron chi connectivity index (χ4n) is 11.6. The van der Waals surface area contributed by atoms with E-state index in [0.717, 1.165) is 0 Å². The number of rotatable bonds is 5. The van der Waals surface area contributed by atoms with E-state index in [9.17, 15) is 0 Å². The van der Waals surface area contributed by atoms with Crippen LogP contribution in [0.25, 0.3) is 98.8 Å². The fourth-order valence-corrected chi connectivity index (χ4v) is 11.6. The van der Waals surface area contributed by atoms with Crippen LogP contribution in [-0.4, -0.2) is 9.13 Å². The molecule has 2 nitrogen and oxygen atoms in total. The fraction of sp³-hybridized carbons (Fsp3) is 0.0159. The highest BCUT2D eigenvalue weighted by Gasteiger charge is 2.48. The molecule has 0 fully saturated rings. The molecule has 1 aliphatic carbocycles. The molecule has 0 radical (unpaired) electrons. The topological polar surface area (TPSA) is 9.86 Å². The van der Waals surface area contributed by atoms with E-state index in [2.05, 4.69) is 252 Å². The highest BCUT2D eigenvalue weighted by atomic mass is 15.0. The zero-order valence-corrected chi connectivity index (χ0v) is 35.5. The van der Waals surface area contributed by atoms with Crippen molar-refractivity contribution in [2.45, 2.75) is 5.41 Å². The SMILES string of the molecule is c1ccc(C2(c3ccccc3)c3ccccc3-c3ccc4c5cc(-c6ccc7c(c6)c6ccccc6n7-c6ccc7ccccc7c6)ccc5n(-c5cccc6ccccc56)c4c32)cc1. The maximum atomic E-state index is 2.59. The van der Waals surface area contributed by atoms with Gasteiger partial charge < -0.3 is 9.13 Å². The number of para-hydroxylation sites is 1. The van der Waals surface area contributed by atoms with Crippen molar-refractivity contribution in [1.29, 1.82) is 0 Å². The van der Waals surface area contributed by atoms with Crippen LogP contribution in [0.4, 0.5) is 0 Å². The predicted octanol–water partition coefficient (Wildman–Crippen LogP) is 16.2. The van der Waals surface area contributed by atoms with E-state index < -0.39 is 5.41 Å². The lowest BCUT2D eigenvalue weighted by Gasteiger charge is -2.34. The normalized spacial score (nSPS) is 13.0. The summed E-state index contributed by atoms with van der Waals surface area (Å²) in [4.78, 5) is 0. The van der Waals surface area contributed by atoms with Crippen LogP contribution >= 0.6 is 0 Å². The second-order valence-electron chi connectivity index (χ2n) is 17.6. The van der Waals surface area contributed by atoms with Gasteiger partial charge in [0.05, 0.1) is 33.2 Å². The summed E-state index contributed by atoms with van der Waals surface area (Å²) in [5, 5.41) is 9.91. The molecule has 14 rings (SSSR count). The molecule has 0 aliphatic heterocycles. The first-order chi connectivity index (χ1) is 32.3.